The molecular formula is C17H16ClFN2O3S. The Balaban J connectivity index is 2.34. The van der Waals surface area contributed by atoms with Crippen LogP contribution >= 0.6 is 11.6 Å². The van der Waals surface area contributed by atoms with Crippen LogP contribution in [0.1, 0.15) is 15.9 Å². The molecular weight excluding hydrogens is 367 g/mol. The minimum absolute atomic E-state index is 0.000228. The maximum atomic E-state index is 13.9. The maximum Gasteiger partial charge on any atom is 0.255 e. The number of hydrogen-bond donors (Lipinski definition) is 2. The first-order valence-corrected chi connectivity index (χ1v) is 9.08. The SMILES string of the molecule is C=CCNS(=O)(=O)c1cc(C(=O)Nc2cc(Cl)ccc2C)ccc1F. The molecule has 0 aliphatic heterocycles. The Morgan fingerprint density at radius 1 is 1.28 bits per heavy atom. The van der Waals surface area contributed by atoms with Crippen molar-refractivity contribution in [3.8, 4) is 0 Å². The summed E-state index contributed by atoms with van der Waals surface area (Å²) >= 11 is 5.90. The number of halogens is 2. The average Bonchev–Trinajstić information content (AvgIpc) is 2.56. The number of carbonyl (C=O) groups excluding carboxylic acids is 1. The van der Waals surface area contributed by atoms with Gasteiger partial charge in [0.25, 0.3) is 5.91 Å². The Kier molecular flexibility index (Phi) is 5.94. The van der Waals surface area contributed by atoms with Gasteiger partial charge in [-0.3, -0.25) is 4.79 Å². The lowest BCUT2D eigenvalue weighted by Crippen LogP contribution is -2.25. The van der Waals surface area contributed by atoms with E-state index in [9.17, 15) is 17.6 Å². The highest BCUT2D eigenvalue weighted by Crippen LogP contribution is 2.22. The molecule has 2 rings (SSSR count). The van der Waals surface area contributed by atoms with Gasteiger partial charge in [0.05, 0.1) is 0 Å². The Hall–Kier alpha value is -2.22. The molecule has 0 unspecified atom stereocenters. The van der Waals surface area contributed by atoms with Gasteiger partial charge in [0.15, 0.2) is 0 Å². The summed E-state index contributed by atoms with van der Waals surface area (Å²) in [5.41, 5.74) is 1.26. The number of benzene rings is 2. The van der Waals surface area contributed by atoms with Gasteiger partial charge in [0.1, 0.15) is 10.7 Å². The standard InChI is InChI=1S/C17H16ClFN2O3S/c1-3-8-20-25(23,24)16-9-12(5-7-14(16)19)17(22)21-15-10-13(18)6-4-11(15)2/h3-7,9-10,20H,1,8H2,2H3,(H,21,22). The number of anilines is 1. The van der Waals surface area contributed by atoms with Gasteiger partial charge in [0, 0.05) is 22.8 Å². The average molecular weight is 383 g/mol. The molecule has 25 heavy (non-hydrogen) atoms. The third-order valence-electron chi connectivity index (χ3n) is 3.35. The van der Waals surface area contributed by atoms with Crippen molar-refractivity contribution in [2.45, 2.75) is 11.8 Å². The van der Waals surface area contributed by atoms with E-state index in [2.05, 4.69) is 16.6 Å². The van der Waals surface area contributed by atoms with Crippen molar-refractivity contribution in [3.05, 3.63) is 71.0 Å². The quantitative estimate of drug-likeness (QED) is 0.751. The summed E-state index contributed by atoms with van der Waals surface area (Å²) in [6, 6.07) is 8.11. The highest BCUT2D eigenvalue weighted by Gasteiger charge is 2.20. The summed E-state index contributed by atoms with van der Waals surface area (Å²) in [4.78, 5) is 11.8. The zero-order valence-corrected chi connectivity index (χ0v) is 14.9. The first-order valence-electron chi connectivity index (χ1n) is 7.22. The van der Waals surface area contributed by atoms with Crippen LogP contribution in [0.2, 0.25) is 5.02 Å². The summed E-state index contributed by atoms with van der Waals surface area (Å²) in [6.45, 7) is 5.12. The van der Waals surface area contributed by atoms with Gasteiger partial charge in [-0.25, -0.2) is 17.5 Å². The normalized spacial score (nSPS) is 11.2. The van der Waals surface area contributed by atoms with Crippen LogP contribution < -0.4 is 10.0 Å². The molecule has 0 fully saturated rings. The van der Waals surface area contributed by atoms with Gasteiger partial charge in [-0.2, -0.15) is 0 Å². The third kappa shape index (κ3) is 4.66. The van der Waals surface area contributed by atoms with Crippen molar-refractivity contribution in [2.24, 2.45) is 0 Å². The molecule has 0 bridgehead atoms. The van der Waals surface area contributed by atoms with Gasteiger partial charge < -0.3 is 5.32 Å². The molecule has 0 aromatic heterocycles. The summed E-state index contributed by atoms with van der Waals surface area (Å²) in [5, 5.41) is 3.07. The molecule has 2 aromatic rings. The molecule has 132 valence electrons. The highest BCUT2D eigenvalue weighted by atomic mass is 35.5. The summed E-state index contributed by atoms with van der Waals surface area (Å²) < 4.78 is 40.3. The number of hydrogen-bond acceptors (Lipinski definition) is 3. The van der Waals surface area contributed by atoms with E-state index in [1.807, 2.05) is 0 Å². The second-order valence-electron chi connectivity index (χ2n) is 5.20. The molecule has 0 atom stereocenters. The van der Waals surface area contributed by atoms with E-state index in [0.717, 1.165) is 17.7 Å². The minimum Gasteiger partial charge on any atom is -0.322 e. The van der Waals surface area contributed by atoms with Gasteiger partial charge >= 0.3 is 0 Å². The van der Waals surface area contributed by atoms with E-state index in [0.29, 0.717) is 10.7 Å². The number of carbonyl (C=O) groups is 1. The van der Waals surface area contributed by atoms with Crippen molar-refractivity contribution in [3.63, 3.8) is 0 Å². The largest absolute Gasteiger partial charge is 0.322 e. The van der Waals surface area contributed by atoms with E-state index in [1.165, 1.54) is 12.1 Å². The molecule has 1 amide bonds. The Bertz CT molecular complexity index is 929. The van der Waals surface area contributed by atoms with Crippen LogP contribution in [0.5, 0.6) is 0 Å². The van der Waals surface area contributed by atoms with Crippen LogP contribution in [0, 0.1) is 12.7 Å². The Morgan fingerprint density at radius 2 is 2.00 bits per heavy atom. The van der Waals surface area contributed by atoms with Crippen LogP contribution in [-0.2, 0) is 10.0 Å². The van der Waals surface area contributed by atoms with Crippen LogP contribution in [-0.4, -0.2) is 20.9 Å². The lowest BCUT2D eigenvalue weighted by molar-refractivity contribution is 0.102. The first-order chi connectivity index (χ1) is 11.7. The van der Waals surface area contributed by atoms with Crippen molar-refractivity contribution in [1.82, 2.24) is 4.72 Å². The molecule has 2 N–H and O–H groups in total. The van der Waals surface area contributed by atoms with Crippen LogP contribution in [0.4, 0.5) is 10.1 Å². The fourth-order valence-corrected chi connectivity index (χ4v) is 3.29. The zero-order chi connectivity index (χ0) is 18.6. The molecule has 0 heterocycles. The Labute approximate surface area is 150 Å². The smallest absolute Gasteiger partial charge is 0.255 e. The number of nitrogens with one attached hydrogen (secondary N) is 2. The van der Waals surface area contributed by atoms with Crippen molar-refractivity contribution >= 4 is 33.2 Å². The molecule has 5 nitrogen and oxygen atoms in total. The van der Waals surface area contributed by atoms with Gasteiger partial charge in [-0.15, -0.1) is 6.58 Å². The molecule has 0 saturated carbocycles. The third-order valence-corrected chi connectivity index (χ3v) is 5.02. The second-order valence-corrected chi connectivity index (χ2v) is 7.37. The monoisotopic (exact) mass is 382 g/mol. The fourth-order valence-electron chi connectivity index (χ4n) is 2.02. The number of sulfonamides is 1. The molecule has 0 spiro atoms. The highest BCUT2D eigenvalue weighted by molar-refractivity contribution is 7.89. The zero-order valence-electron chi connectivity index (χ0n) is 13.3. The van der Waals surface area contributed by atoms with Crippen molar-refractivity contribution < 1.29 is 17.6 Å². The summed E-state index contributed by atoms with van der Waals surface area (Å²) in [6.07, 6.45) is 1.33. The lowest BCUT2D eigenvalue weighted by atomic mass is 10.1. The summed E-state index contributed by atoms with van der Waals surface area (Å²) in [5.74, 6) is -1.53. The first kappa shape index (κ1) is 19.1. The Morgan fingerprint density at radius 3 is 2.68 bits per heavy atom. The molecule has 0 aliphatic carbocycles. The number of amides is 1. The van der Waals surface area contributed by atoms with Crippen LogP contribution in [0.15, 0.2) is 53.9 Å². The number of aryl methyl sites for hydroxylation is 1. The molecule has 0 saturated heterocycles. The van der Waals surface area contributed by atoms with Gasteiger partial charge in [-0.1, -0.05) is 23.7 Å². The van der Waals surface area contributed by atoms with Crippen molar-refractivity contribution in [1.29, 1.82) is 0 Å². The topological polar surface area (TPSA) is 75.3 Å². The van der Waals surface area contributed by atoms with Crippen LogP contribution in [0.3, 0.4) is 0 Å². The van der Waals surface area contributed by atoms with Gasteiger partial charge in [0.2, 0.25) is 10.0 Å². The van der Waals surface area contributed by atoms with E-state index in [1.54, 1.807) is 25.1 Å². The molecule has 0 aliphatic rings. The van der Waals surface area contributed by atoms with Crippen LogP contribution in [0.25, 0.3) is 0 Å². The predicted molar refractivity (Wildman–Crippen MR) is 95.9 cm³/mol. The summed E-state index contributed by atoms with van der Waals surface area (Å²) in [7, 11) is -4.09. The van der Waals surface area contributed by atoms with Crippen molar-refractivity contribution in [2.75, 3.05) is 11.9 Å². The molecule has 0 radical (unpaired) electrons. The maximum absolute atomic E-state index is 13.9. The van der Waals surface area contributed by atoms with Gasteiger partial charge in [-0.05, 0) is 42.8 Å². The minimum atomic E-state index is -4.09. The van der Waals surface area contributed by atoms with E-state index in [4.69, 9.17) is 11.6 Å². The lowest BCUT2D eigenvalue weighted by Gasteiger charge is -2.11. The van der Waals surface area contributed by atoms with E-state index >= 15 is 0 Å². The molecule has 2 aromatic carbocycles. The molecule has 8 heteroatoms. The fraction of sp³-hybridized carbons (Fsp3) is 0.118. The second kappa shape index (κ2) is 7.77. The van der Waals surface area contributed by atoms with E-state index in [-0.39, 0.29) is 12.1 Å². The predicted octanol–water partition coefficient (Wildman–Crippen LogP) is 3.50. The number of rotatable bonds is 6. The van der Waals surface area contributed by atoms with E-state index < -0.39 is 26.6 Å².